The van der Waals surface area contributed by atoms with E-state index in [0.29, 0.717) is 6.54 Å². The molecule has 3 rings (SSSR count). The van der Waals surface area contributed by atoms with E-state index in [2.05, 4.69) is 6.92 Å². The van der Waals surface area contributed by atoms with Gasteiger partial charge < -0.3 is 10.6 Å². The number of carbonyl (C=O) groups excluding carboxylic acids is 1. The molecule has 1 aromatic rings. The van der Waals surface area contributed by atoms with Crippen LogP contribution in [0.2, 0.25) is 0 Å². The number of nitrogens with two attached hydrogens (primary N) is 1. The summed E-state index contributed by atoms with van der Waals surface area (Å²) >= 11 is 0. The average Bonchev–Trinajstić information content (AvgIpc) is 3.15. The summed E-state index contributed by atoms with van der Waals surface area (Å²) in [5.74, 6) is -0.0856. The molecule has 1 saturated heterocycles. The number of halogens is 1. The van der Waals surface area contributed by atoms with Crippen LogP contribution in [0.1, 0.15) is 44.6 Å². The Morgan fingerprint density at radius 3 is 2.64 bits per heavy atom. The summed E-state index contributed by atoms with van der Waals surface area (Å²) in [4.78, 5) is 15.2. The molecule has 0 bridgehead atoms. The minimum absolute atomic E-state index is 0.0252. The van der Waals surface area contributed by atoms with Crippen molar-refractivity contribution in [3.63, 3.8) is 0 Å². The van der Waals surface area contributed by atoms with E-state index in [1.807, 2.05) is 11.0 Å². The molecule has 2 N–H and O–H groups in total. The van der Waals surface area contributed by atoms with Crippen LogP contribution in [0.5, 0.6) is 0 Å². The van der Waals surface area contributed by atoms with Gasteiger partial charge in [-0.1, -0.05) is 31.9 Å². The summed E-state index contributed by atoms with van der Waals surface area (Å²) in [5.41, 5.74) is 6.20. The standard InChI is InChI=1S/C18H25FN2O/c1-17(12-20)9-10-21(13-17)16(22)18(7-2-3-8-18)14-5-4-6-15(19)11-14/h4-6,11H,2-3,7-10,12-13,20H2,1H3. The highest BCUT2D eigenvalue weighted by molar-refractivity contribution is 5.89. The number of likely N-dealkylation sites (tertiary alicyclic amines) is 1. The predicted octanol–water partition coefficient (Wildman–Crippen LogP) is 2.83. The highest BCUT2D eigenvalue weighted by Crippen LogP contribution is 2.44. The molecule has 0 radical (unpaired) electrons. The highest BCUT2D eigenvalue weighted by atomic mass is 19.1. The molecule has 0 spiro atoms. The first-order chi connectivity index (χ1) is 10.5. The second-order valence-electron chi connectivity index (χ2n) is 7.29. The largest absolute Gasteiger partial charge is 0.341 e. The normalized spacial score (nSPS) is 27.3. The van der Waals surface area contributed by atoms with Crippen LogP contribution in [0.25, 0.3) is 0 Å². The molecule has 22 heavy (non-hydrogen) atoms. The molecule has 1 unspecified atom stereocenters. The number of hydrogen-bond acceptors (Lipinski definition) is 2. The third kappa shape index (κ3) is 2.54. The van der Waals surface area contributed by atoms with E-state index < -0.39 is 5.41 Å². The van der Waals surface area contributed by atoms with Crippen LogP contribution >= 0.6 is 0 Å². The third-order valence-corrected chi connectivity index (χ3v) is 5.58. The molecule has 1 aromatic carbocycles. The minimum atomic E-state index is -0.526. The van der Waals surface area contributed by atoms with Crippen LogP contribution in [0.4, 0.5) is 4.39 Å². The molecular formula is C18H25FN2O. The van der Waals surface area contributed by atoms with Gasteiger partial charge in [-0.15, -0.1) is 0 Å². The monoisotopic (exact) mass is 304 g/mol. The molecule has 1 amide bonds. The Bertz CT molecular complexity index is 568. The first-order valence-corrected chi connectivity index (χ1v) is 8.25. The number of amides is 1. The summed E-state index contributed by atoms with van der Waals surface area (Å²) in [6, 6.07) is 6.61. The fourth-order valence-corrected chi connectivity index (χ4v) is 4.06. The van der Waals surface area contributed by atoms with E-state index in [1.54, 1.807) is 12.1 Å². The van der Waals surface area contributed by atoms with Gasteiger partial charge in [0, 0.05) is 13.1 Å². The molecule has 120 valence electrons. The average molecular weight is 304 g/mol. The molecular weight excluding hydrogens is 279 g/mol. The maximum atomic E-state index is 13.7. The van der Waals surface area contributed by atoms with Gasteiger partial charge in [-0.3, -0.25) is 4.79 Å². The molecule has 3 nitrogen and oxygen atoms in total. The van der Waals surface area contributed by atoms with Gasteiger partial charge in [-0.25, -0.2) is 4.39 Å². The van der Waals surface area contributed by atoms with E-state index in [-0.39, 0.29) is 17.1 Å². The van der Waals surface area contributed by atoms with Crippen LogP contribution < -0.4 is 5.73 Å². The van der Waals surface area contributed by atoms with E-state index in [9.17, 15) is 9.18 Å². The van der Waals surface area contributed by atoms with Crippen LogP contribution in [0.15, 0.2) is 24.3 Å². The Kier molecular flexibility index (Phi) is 3.98. The second-order valence-corrected chi connectivity index (χ2v) is 7.29. The number of rotatable bonds is 3. The first kappa shape index (κ1) is 15.5. The molecule has 2 fully saturated rings. The Hall–Kier alpha value is -1.42. The van der Waals surface area contributed by atoms with Crippen molar-refractivity contribution < 1.29 is 9.18 Å². The van der Waals surface area contributed by atoms with Crippen molar-refractivity contribution in [2.75, 3.05) is 19.6 Å². The number of benzene rings is 1. The lowest BCUT2D eigenvalue weighted by Crippen LogP contribution is -2.45. The van der Waals surface area contributed by atoms with Crippen molar-refractivity contribution in [2.45, 2.75) is 44.4 Å². The summed E-state index contributed by atoms with van der Waals surface area (Å²) < 4.78 is 13.7. The fourth-order valence-electron chi connectivity index (χ4n) is 4.06. The Morgan fingerprint density at radius 2 is 2.05 bits per heavy atom. The van der Waals surface area contributed by atoms with E-state index >= 15 is 0 Å². The lowest BCUT2D eigenvalue weighted by atomic mass is 9.77. The molecule has 1 saturated carbocycles. The van der Waals surface area contributed by atoms with Crippen LogP contribution in [0, 0.1) is 11.2 Å². The summed E-state index contributed by atoms with van der Waals surface area (Å²) in [6.07, 6.45) is 4.67. The van der Waals surface area contributed by atoms with Gasteiger partial charge in [-0.05, 0) is 48.9 Å². The molecule has 1 atom stereocenters. The highest BCUT2D eigenvalue weighted by Gasteiger charge is 2.47. The Morgan fingerprint density at radius 1 is 1.32 bits per heavy atom. The lowest BCUT2D eigenvalue weighted by molar-refractivity contribution is -0.136. The van der Waals surface area contributed by atoms with Crippen LogP contribution in [-0.4, -0.2) is 30.4 Å². The lowest BCUT2D eigenvalue weighted by Gasteiger charge is -2.34. The SMILES string of the molecule is CC1(CN)CCN(C(=O)C2(c3cccc(F)c3)CCCC2)C1. The van der Waals surface area contributed by atoms with Crippen molar-refractivity contribution >= 4 is 5.91 Å². The van der Waals surface area contributed by atoms with Crippen molar-refractivity contribution in [3.8, 4) is 0 Å². The molecule has 4 heteroatoms. The predicted molar refractivity (Wildman–Crippen MR) is 84.9 cm³/mol. The summed E-state index contributed by atoms with van der Waals surface area (Å²) in [7, 11) is 0. The number of nitrogens with zero attached hydrogens (tertiary/aromatic N) is 1. The number of hydrogen-bond donors (Lipinski definition) is 1. The van der Waals surface area contributed by atoms with E-state index in [0.717, 1.165) is 50.8 Å². The van der Waals surface area contributed by atoms with E-state index in [4.69, 9.17) is 5.73 Å². The number of carbonyl (C=O) groups is 1. The smallest absolute Gasteiger partial charge is 0.233 e. The summed E-state index contributed by atoms with van der Waals surface area (Å²) in [6.45, 7) is 4.23. The zero-order chi connectivity index (χ0) is 15.8. The quantitative estimate of drug-likeness (QED) is 0.933. The first-order valence-electron chi connectivity index (χ1n) is 8.25. The van der Waals surface area contributed by atoms with Gasteiger partial charge >= 0.3 is 0 Å². The Labute approximate surface area is 131 Å². The van der Waals surface area contributed by atoms with Gasteiger partial charge in [0.1, 0.15) is 5.82 Å². The van der Waals surface area contributed by atoms with Crippen LogP contribution in [-0.2, 0) is 10.2 Å². The van der Waals surface area contributed by atoms with Gasteiger partial charge in [0.2, 0.25) is 5.91 Å². The van der Waals surface area contributed by atoms with Gasteiger partial charge in [0.15, 0.2) is 0 Å². The molecule has 1 heterocycles. The van der Waals surface area contributed by atoms with Gasteiger partial charge in [-0.2, -0.15) is 0 Å². The van der Waals surface area contributed by atoms with Crippen molar-refractivity contribution in [2.24, 2.45) is 11.1 Å². The topological polar surface area (TPSA) is 46.3 Å². The second kappa shape index (κ2) is 5.65. The zero-order valence-corrected chi connectivity index (χ0v) is 13.3. The zero-order valence-electron chi connectivity index (χ0n) is 13.3. The van der Waals surface area contributed by atoms with Crippen molar-refractivity contribution in [1.29, 1.82) is 0 Å². The van der Waals surface area contributed by atoms with Gasteiger partial charge in [0.05, 0.1) is 5.41 Å². The van der Waals surface area contributed by atoms with Crippen LogP contribution in [0.3, 0.4) is 0 Å². The maximum absolute atomic E-state index is 13.7. The third-order valence-electron chi connectivity index (χ3n) is 5.58. The van der Waals surface area contributed by atoms with Gasteiger partial charge in [0.25, 0.3) is 0 Å². The Balaban J connectivity index is 1.90. The van der Waals surface area contributed by atoms with Crippen molar-refractivity contribution in [1.82, 2.24) is 4.90 Å². The molecule has 1 aliphatic heterocycles. The van der Waals surface area contributed by atoms with E-state index in [1.165, 1.54) is 6.07 Å². The molecule has 1 aliphatic carbocycles. The molecule has 2 aliphatic rings. The maximum Gasteiger partial charge on any atom is 0.233 e. The van der Waals surface area contributed by atoms with Crippen molar-refractivity contribution in [3.05, 3.63) is 35.6 Å². The minimum Gasteiger partial charge on any atom is -0.341 e. The molecule has 0 aromatic heterocycles. The fraction of sp³-hybridized carbons (Fsp3) is 0.611. The summed E-state index contributed by atoms with van der Waals surface area (Å²) in [5, 5.41) is 0.